The molecule has 1 aliphatic carbocycles. The lowest BCUT2D eigenvalue weighted by atomic mass is 9.77. The van der Waals surface area contributed by atoms with E-state index in [-0.39, 0.29) is 0 Å². The van der Waals surface area contributed by atoms with Crippen LogP contribution in [0.25, 0.3) is 0 Å². The Morgan fingerprint density at radius 2 is 1.93 bits per heavy atom. The quantitative estimate of drug-likeness (QED) is 0.563. The van der Waals surface area contributed by atoms with Gasteiger partial charge in [-0.15, -0.1) is 0 Å². The monoisotopic (exact) mass is 204 g/mol. The van der Waals surface area contributed by atoms with Gasteiger partial charge in [-0.3, -0.25) is 0 Å². The SMILES string of the molecule is C=C/C=C(\C(C)=C/CC)C1(C)CCCC1. The van der Waals surface area contributed by atoms with E-state index in [9.17, 15) is 0 Å². The minimum Gasteiger partial charge on any atom is -0.0991 e. The molecule has 0 N–H and O–H groups in total. The van der Waals surface area contributed by atoms with E-state index in [1.807, 2.05) is 6.08 Å². The first-order chi connectivity index (χ1) is 7.14. The summed E-state index contributed by atoms with van der Waals surface area (Å²) in [5.74, 6) is 0. The molecule has 0 aromatic heterocycles. The van der Waals surface area contributed by atoms with Crippen molar-refractivity contribution in [2.24, 2.45) is 5.41 Å². The Balaban J connectivity index is 2.97. The Kier molecular flexibility index (Phi) is 4.38. The molecule has 15 heavy (non-hydrogen) atoms. The topological polar surface area (TPSA) is 0 Å². The second-order valence-corrected chi connectivity index (χ2v) is 4.88. The van der Waals surface area contributed by atoms with Crippen LogP contribution in [0.2, 0.25) is 0 Å². The van der Waals surface area contributed by atoms with E-state index in [0.717, 1.165) is 6.42 Å². The zero-order chi connectivity index (χ0) is 11.3. The van der Waals surface area contributed by atoms with Crippen molar-refractivity contribution in [2.75, 3.05) is 0 Å². The third-order valence-corrected chi connectivity index (χ3v) is 3.58. The average Bonchev–Trinajstić information content (AvgIpc) is 2.62. The van der Waals surface area contributed by atoms with Crippen LogP contribution in [0.15, 0.2) is 36.0 Å². The van der Waals surface area contributed by atoms with E-state index in [4.69, 9.17) is 0 Å². The summed E-state index contributed by atoms with van der Waals surface area (Å²) >= 11 is 0. The molecule has 0 aromatic rings. The van der Waals surface area contributed by atoms with Crippen LogP contribution in [-0.2, 0) is 0 Å². The van der Waals surface area contributed by atoms with Crippen molar-refractivity contribution in [1.82, 2.24) is 0 Å². The Labute approximate surface area is 94.8 Å². The van der Waals surface area contributed by atoms with Crippen LogP contribution in [0, 0.1) is 5.41 Å². The second kappa shape index (κ2) is 5.34. The number of allylic oxidation sites excluding steroid dienone is 5. The minimum absolute atomic E-state index is 0.407. The molecule has 0 saturated heterocycles. The number of rotatable bonds is 4. The van der Waals surface area contributed by atoms with E-state index in [1.165, 1.54) is 36.8 Å². The maximum atomic E-state index is 3.84. The molecular weight excluding hydrogens is 180 g/mol. The van der Waals surface area contributed by atoms with Crippen molar-refractivity contribution < 1.29 is 0 Å². The third-order valence-electron chi connectivity index (χ3n) is 3.58. The summed E-state index contributed by atoms with van der Waals surface area (Å²) in [5, 5.41) is 0. The van der Waals surface area contributed by atoms with Gasteiger partial charge in [0.25, 0.3) is 0 Å². The van der Waals surface area contributed by atoms with Crippen LogP contribution in [0.5, 0.6) is 0 Å². The van der Waals surface area contributed by atoms with Gasteiger partial charge >= 0.3 is 0 Å². The molecule has 84 valence electrons. The van der Waals surface area contributed by atoms with Crippen LogP contribution >= 0.6 is 0 Å². The molecule has 1 saturated carbocycles. The van der Waals surface area contributed by atoms with E-state index in [1.54, 1.807) is 0 Å². The predicted octanol–water partition coefficient (Wildman–Crippen LogP) is 5.04. The van der Waals surface area contributed by atoms with Gasteiger partial charge in [0, 0.05) is 0 Å². The zero-order valence-electron chi connectivity index (χ0n) is 10.5. The highest BCUT2D eigenvalue weighted by Gasteiger charge is 2.32. The lowest BCUT2D eigenvalue weighted by molar-refractivity contribution is 0.419. The molecule has 1 aliphatic rings. The molecule has 0 atom stereocenters. The van der Waals surface area contributed by atoms with E-state index in [2.05, 4.69) is 39.5 Å². The first kappa shape index (κ1) is 12.3. The molecule has 0 heteroatoms. The summed E-state index contributed by atoms with van der Waals surface area (Å²) in [5.41, 5.74) is 3.36. The van der Waals surface area contributed by atoms with E-state index < -0.39 is 0 Å². The summed E-state index contributed by atoms with van der Waals surface area (Å²) in [6.45, 7) is 10.7. The fourth-order valence-corrected chi connectivity index (χ4v) is 2.77. The van der Waals surface area contributed by atoms with Crippen molar-refractivity contribution in [2.45, 2.75) is 52.9 Å². The van der Waals surface area contributed by atoms with Gasteiger partial charge in [-0.05, 0) is 37.2 Å². The Hall–Kier alpha value is -0.780. The van der Waals surface area contributed by atoms with E-state index in [0.29, 0.717) is 5.41 Å². The molecule has 0 amide bonds. The van der Waals surface area contributed by atoms with Crippen molar-refractivity contribution >= 4 is 0 Å². The summed E-state index contributed by atoms with van der Waals surface area (Å²) in [7, 11) is 0. The van der Waals surface area contributed by atoms with Gasteiger partial charge in [-0.1, -0.05) is 57.1 Å². The maximum Gasteiger partial charge on any atom is -0.00727 e. The van der Waals surface area contributed by atoms with Gasteiger partial charge < -0.3 is 0 Å². The molecule has 0 nitrogen and oxygen atoms in total. The van der Waals surface area contributed by atoms with Crippen LogP contribution in [0.1, 0.15) is 52.9 Å². The molecular formula is C15H24. The maximum absolute atomic E-state index is 3.84. The molecule has 0 spiro atoms. The van der Waals surface area contributed by atoms with Gasteiger partial charge in [0.15, 0.2) is 0 Å². The zero-order valence-corrected chi connectivity index (χ0v) is 10.5. The van der Waals surface area contributed by atoms with Crippen molar-refractivity contribution in [3.63, 3.8) is 0 Å². The van der Waals surface area contributed by atoms with Gasteiger partial charge in [0.1, 0.15) is 0 Å². The molecule has 0 aliphatic heterocycles. The second-order valence-electron chi connectivity index (χ2n) is 4.88. The van der Waals surface area contributed by atoms with Gasteiger partial charge in [-0.25, -0.2) is 0 Å². The van der Waals surface area contributed by atoms with Crippen LogP contribution in [0.3, 0.4) is 0 Å². The lowest BCUT2D eigenvalue weighted by Crippen LogP contribution is -2.15. The van der Waals surface area contributed by atoms with Gasteiger partial charge in [-0.2, -0.15) is 0 Å². The standard InChI is InChI=1S/C15H24/c1-5-9-13(3)14(10-6-2)15(4)11-7-8-12-15/h6,9-10H,2,5,7-8,11-12H2,1,3-4H3/b13-9-,14-10+. The lowest BCUT2D eigenvalue weighted by Gasteiger charge is -2.28. The number of hydrogen-bond acceptors (Lipinski definition) is 0. The third kappa shape index (κ3) is 2.84. The van der Waals surface area contributed by atoms with Gasteiger partial charge in [0.2, 0.25) is 0 Å². The Bertz CT molecular complexity index is 272. The van der Waals surface area contributed by atoms with E-state index >= 15 is 0 Å². The largest absolute Gasteiger partial charge is 0.0991 e. The summed E-state index contributed by atoms with van der Waals surface area (Å²) in [6, 6.07) is 0. The predicted molar refractivity (Wildman–Crippen MR) is 68.9 cm³/mol. The van der Waals surface area contributed by atoms with Crippen LogP contribution in [-0.4, -0.2) is 0 Å². The molecule has 1 rings (SSSR count). The minimum atomic E-state index is 0.407. The van der Waals surface area contributed by atoms with Crippen molar-refractivity contribution in [3.05, 3.63) is 36.0 Å². The number of hydrogen-bond donors (Lipinski definition) is 0. The van der Waals surface area contributed by atoms with Gasteiger partial charge in [0.05, 0.1) is 0 Å². The highest BCUT2D eigenvalue weighted by Crippen LogP contribution is 2.46. The fraction of sp³-hybridized carbons (Fsp3) is 0.600. The van der Waals surface area contributed by atoms with Crippen LogP contribution in [0.4, 0.5) is 0 Å². The average molecular weight is 204 g/mol. The molecule has 0 radical (unpaired) electrons. The normalized spacial score (nSPS) is 21.8. The summed E-state index contributed by atoms with van der Waals surface area (Å²) < 4.78 is 0. The van der Waals surface area contributed by atoms with Crippen molar-refractivity contribution in [1.29, 1.82) is 0 Å². The van der Waals surface area contributed by atoms with Crippen molar-refractivity contribution in [3.8, 4) is 0 Å². The molecule has 1 fully saturated rings. The first-order valence-electron chi connectivity index (χ1n) is 6.14. The summed E-state index contributed by atoms with van der Waals surface area (Å²) in [6.07, 6.45) is 13.0. The van der Waals surface area contributed by atoms with Crippen LogP contribution < -0.4 is 0 Å². The molecule has 0 heterocycles. The highest BCUT2D eigenvalue weighted by atomic mass is 14.4. The smallest absolute Gasteiger partial charge is 0.00727 e. The highest BCUT2D eigenvalue weighted by molar-refractivity contribution is 5.37. The first-order valence-corrected chi connectivity index (χ1v) is 6.14. The molecule has 0 bridgehead atoms. The Morgan fingerprint density at radius 1 is 1.33 bits per heavy atom. The molecule has 0 aromatic carbocycles. The Morgan fingerprint density at radius 3 is 2.40 bits per heavy atom. The fourth-order valence-electron chi connectivity index (χ4n) is 2.77. The molecule has 0 unspecified atom stereocenters. The summed E-state index contributed by atoms with van der Waals surface area (Å²) in [4.78, 5) is 0.